The third-order valence-corrected chi connectivity index (χ3v) is 4.35. The Labute approximate surface area is 134 Å². The lowest BCUT2D eigenvalue weighted by atomic mass is 9.92. The SMILES string of the molecule is CC=Cc1cc(CCC)cc2c1C(=C(C)C)c1ccccc1-2. The van der Waals surface area contributed by atoms with Crippen molar-refractivity contribution < 1.29 is 0 Å². The smallest absolute Gasteiger partial charge is 0.00270 e. The fourth-order valence-electron chi connectivity index (χ4n) is 3.55. The van der Waals surface area contributed by atoms with Crippen LogP contribution in [-0.2, 0) is 6.42 Å². The number of fused-ring (bicyclic) bond motifs is 3. The lowest BCUT2D eigenvalue weighted by Gasteiger charge is -2.12. The van der Waals surface area contributed by atoms with Gasteiger partial charge in [-0.05, 0) is 66.1 Å². The number of allylic oxidation sites excluding steroid dienone is 2. The molecule has 1 aliphatic rings. The van der Waals surface area contributed by atoms with Crippen LogP contribution >= 0.6 is 0 Å². The molecule has 0 saturated heterocycles. The van der Waals surface area contributed by atoms with Crippen molar-refractivity contribution in [2.45, 2.75) is 40.5 Å². The first-order valence-corrected chi connectivity index (χ1v) is 8.24. The summed E-state index contributed by atoms with van der Waals surface area (Å²) >= 11 is 0. The predicted molar refractivity (Wildman–Crippen MR) is 98.0 cm³/mol. The molecule has 1 aliphatic carbocycles. The lowest BCUT2D eigenvalue weighted by Crippen LogP contribution is -1.93. The van der Waals surface area contributed by atoms with Crippen LogP contribution in [0.3, 0.4) is 0 Å². The number of aryl methyl sites for hydroxylation is 1. The van der Waals surface area contributed by atoms with E-state index in [0.29, 0.717) is 0 Å². The van der Waals surface area contributed by atoms with E-state index >= 15 is 0 Å². The Hall–Kier alpha value is -2.08. The van der Waals surface area contributed by atoms with Crippen LogP contribution in [0.5, 0.6) is 0 Å². The van der Waals surface area contributed by atoms with E-state index in [9.17, 15) is 0 Å². The van der Waals surface area contributed by atoms with Gasteiger partial charge in [0.2, 0.25) is 0 Å². The Bertz CT molecular complexity index is 769. The molecule has 0 radical (unpaired) electrons. The zero-order chi connectivity index (χ0) is 15.7. The fourth-order valence-corrected chi connectivity index (χ4v) is 3.55. The molecular weight excluding hydrogens is 264 g/mol. The van der Waals surface area contributed by atoms with Crippen LogP contribution in [-0.4, -0.2) is 0 Å². The standard InChI is InChI=1S/C22H24/c1-5-9-16-13-17(10-6-2)22-20(14-16)18-11-7-8-12-19(18)21(22)15(3)4/h6-8,10-14H,5,9H2,1-4H3. The highest BCUT2D eigenvalue weighted by molar-refractivity contribution is 6.04. The summed E-state index contributed by atoms with van der Waals surface area (Å²) in [6, 6.07) is 13.6. The molecule has 2 aromatic rings. The van der Waals surface area contributed by atoms with Crippen molar-refractivity contribution in [3.05, 3.63) is 70.3 Å². The van der Waals surface area contributed by atoms with E-state index in [4.69, 9.17) is 0 Å². The first kappa shape index (κ1) is 14.8. The molecule has 3 rings (SSSR count). The van der Waals surface area contributed by atoms with Gasteiger partial charge in [0, 0.05) is 0 Å². The largest absolute Gasteiger partial charge is 0.0870 e. The molecule has 0 aromatic heterocycles. The first-order valence-electron chi connectivity index (χ1n) is 8.24. The van der Waals surface area contributed by atoms with Gasteiger partial charge in [-0.2, -0.15) is 0 Å². The van der Waals surface area contributed by atoms with Crippen LogP contribution in [0, 0.1) is 0 Å². The van der Waals surface area contributed by atoms with Crippen LogP contribution in [0.25, 0.3) is 22.8 Å². The van der Waals surface area contributed by atoms with Gasteiger partial charge in [0.1, 0.15) is 0 Å². The summed E-state index contributed by atoms with van der Waals surface area (Å²) in [5, 5.41) is 0. The molecule has 0 nitrogen and oxygen atoms in total. The molecule has 0 N–H and O–H groups in total. The molecule has 0 heteroatoms. The molecule has 112 valence electrons. The highest BCUT2D eigenvalue weighted by Crippen LogP contribution is 2.47. The average molecular weight is 288 g/mol. The second-order valence-corrected chi connectivity index (χ2v) is 6.28. The molecule has 0 spiro atoms. The minimum Gasteiger partial charge on any atom is -0.0870 e. The monoisotopic (exact) mass is 288 g/mol. The summed E-state index contributed by atoms with van der Waals surface area (Å²) in [7, 11) is 0. The Kier molecular flexibility index (Phi) is 4.02. The second-order valence-electron chi connectivity index (χ2n) is 6.28. The van der Waals surface area contributed by atoms with E-state index < -0.39 is 0 Å². The second kappa shape index (κ2) is 5.96. The molecule has 0 atom stereocenters. The summed E-state index contributed by atoms with van der Waals surface area (Å²) in [5.41, 5.74) is 11.2. The van der Waals surface area contributed by atoms with E-state index in [1.165, 1.54) is 50.9 Å². The number of hydrogen-bond donors (Lipinski definition) is 0. The molecule has 0 bridgehead atoms. The van der Waals surface area contributed by atoms with Crippen molar-refractivity contribution in [2.75, 3.05) is 0 Å². The van der Waals surface area contributed by atoms with E-state index in [2.05, 4.69) is 76.2 Å². The normalized spacial score (nSPS) is 12.6. The van der Waals surface area contributed by atoms with Crippen molar-refractivity contribution >= 4 is 11.6 Å². The van der Waals surface area contributed by atoms with Crippen LogP contribution in [0.15, 0.2) is 48.0 Å². The van der Waals surface area contributed by atoms with E-state index in [0.717, 1.165) is 6.42 Å². The maximum absolute atomic E-state index is 2.40. The molecule has 0 aliphatic heterocycles. The molecule has 22 heavy (non-hydrogen) atoms. The summed E-state index contributed by atoms with van der Waals surface area (Å²) in [6.45, 7) is 8.79. The molecule has 2 aromatic carbocycles. The van der Waals surface area contributed by atoms with Crippen molar-refractivity contribution in [3.8, 4) is 11.1 Å². The molecule has 0 saturated carbocycles. The lowest BCUT2D eigenvalue weighted by molar-refractivity contribution is 0.922. The van der Waals surface area contributed by atoms with Gasteiger partial charge in [-0.15, -0.1) is 0 Å². The third-order valence-electron chi connectivity index (χ3n) is 4.35. The van der Waals surface area contributed by atoms with E-state index in [1.54, 1.807) is 0 Å². The van der Waals surface area contributed by atoms with Gasteiger partial charge in [-0.3, -0.25) is 0 Å². The summed E-state index contributed by atoms with van der Waals surface area (Å²) < 4.78 is 0. The summed E-state index contributed by atoms with van der Waals surface area (Å²) in [4.78, 5) is 0. The van der Waals surface area contributed by atoms with E-state index in [-0.39, 0.29) is 0 Å². The zero-order valence-electron chi connectivity index (χ0n) is 14.0. The minimum absolute atomic E-state index is 1.14. The zero-order valence-corrected chi connectivity index (χ0v) is 14.0. The Morgan fingerprint density at radius 3 is 2.36 bits per heavy atom. The predicted octanol–water partition coefficient (Wildman–Crippen LogP) is 6.49. The minimum atomic E-state index is 1.14. The van der Waals surface area contributed by atoms with Gasteiger partial charge in [0.15, 0.2) is 0 Å². The molecule has 0 unspecified atom stereocenters. The topological polar surface area (TPSA) is 0 Å². The Morgan fingerprint density at radius 2 is 1.73 bits per heavy atom. The fraction of sp³-hybridized carbons (Fsp3) is 0.273. The maximum atomic E-state index is 2.40. The number of hydrogen-bond acceptors (Lipinski definition) is 0. The molecule has 0 heterocycles. The van der Waals surface area contributed by atoms with Gasteiger partial charge >= 0.3 is 0 Å². The van der Waals surface area contributed by atoms with Crippen LogP contribution in [0.1, 0.15) is 56.4 Å². The Balaban J connectivity index is 2.37. The number of benzene rings is 2. The molecular formula is C22H24. The van der Waals surface area contributed by atoms with Crippen molar-refractivity contribution in [2.24, 2.45) is 0 Å². The van der Waals surface area contributed by atoms with Crippen molar-refractivity contribution in [3.63, 3.8) is 0 Å². The van der Waals surface area contributed by atoms with Gasteiger partial charge < -0.3 is 0 Å². The van der Waals surface area contributed by atoms with Crippen molar-refractivity contribution in [1.82, 2.24) is 0 Å². The summed E-state index contributed by atoms with van der Waals surface area (Å²) in [5.74, 6) is 0. The highest BCUT2D eigenvalue weighted by Gasteiger charge is 2.26. The van der Waals surface area contributed by atoms with Gasteiger partial charge in [-0.1, -0.05) is 67.5 Å². The van der Waals surface area contributed by atoms with Crippen LogP contribution in [0.2, 0.25) is 0 Å². The van der Waals surface area contributed by atoms with Gasteiger partial charge in [0.05, 0.1) is 0 Å². The molecule has 0 fully saturated rings. The highest BCUT2D eigenvalue weighted by atomic mass is 14.3. The number of rotatable bonds is 3. The van der Waals surface area contributed by atoms with Gasteiger partial charge in [-0.25, -0.2) is 0 Å². The van der Waals surface area contributed by atoms with Crippen LogP contribution < -0.4 is 0 Å². The summed E-state index contributed by atoms with van der Waals surface area (Å²) in [6.07, 6.45) is 6.74. The Morgan fingerprint density at radius 1 is 1.00 bits per heavy atom. The maximum Gasteiger partial charge on any atom is -0.00270 e. The van der Waals surface area contributed by atoms with Gasteiger partial charge in [0.25, 0.3) is 0 Å². The van der Waals surface area contributed by atoms with Crippen molar-refractivity contribution in [1.29, 1.82) is 0 Å². The van der Waals surface area contributed by atoms with E-state index in [1.807, 2.05) is 0 Å². The third kappa shape index (κ3) is 2.33. The molecule has 0 amide bonds. The van der Waals surface area contributed by atoms with Crippen LogP contribution in [0.4, 0.5) is 0 Å². The quantitative estimate of drug-likeness (QED) is 0.516. The first-order chi connectivity index (χ1) is 10.7. The average Bonchev–Trinajstić information content (AvgIpc) is 2.83.